The number of rotatable bonds is 4. The largest absolute Gasteiger partial charge is 0.488 e. The highest BCUT2D eigenvalue weighted by molar-refractivity contribution is 9.10. The van der Waals surface area contributed by atoms with Gasteiger partial charge in [0.05, 0.1) is 4.47 Å². The van der Waals surface area contributed by atoms with Crippen molar-refractivity contribution in [2.45, 2.75) is 6.61 Å². The van der Waals surface area contributed by atoms with Crippen molar-refractivity contribution >= 4 is 51.2 Å². The average molecular weight is 463 g/mol. The fourth-order valence-electron chi connectivity index (χ4n) is 2.64. The van der Waals surface area contributed by atoms with Crippen molar-refractivity contribution in [1.82, 2.24) is 9.80 Å². The summed E-state index contributed by atoms with van der Waals surface area (Å²) in [6.45, 7) is 0.0791. The number of nitrogens with zero attached hydrogens (tertiary/aromatic N) is 2. The summed E-state index contributed by atoms with van der Waals surface area (Å²) in [5.74, 6) is -0.726. The highest BCUT2D eigenvalue weighted by Crippen LogP contribution is 2.28. The van der Waals surface area contributed by atoms with E-state index in [0.717, 1.165) is 0 Å². The molecule has 1 fully saturated rings. The van der Waals surface area contributed by atoms with E-state index in [1.165, 1.54) is 36.0 Å². The number of amides is 2. The maximum Gasteiger partial charge on any atom is 0.265 e. The predicted octanol–water partition coefficient (Wildman–Crippen LogP) is 3.77. The van der Waals surface area contributed by atoms with E-state index in [2.05, 4.69) is 15.9 Å². The summed E-state index contributed by atoms with van der Waals surface area (Å²) in [5, 5.41) is 0.158. The van der Waals surface area contributed by atoms with E-state index in [1.54, 1.807) is 36.4 Å². The van der Waals surface area contributed by atoms with E-state index in [0.29, 0.717) is 21.3 Å². The molecule has 1 aliphatic heterocycles. The van der Waals surface area contributed by atoms with Crippen molar-refractivity contribution < 1.29 is 18.7 Å². The zero-order valence-electron chi connectivity index (χ0n) is 15.1. The van der Waals surface area contributed by atoms with Crippen LogP contribution in [0.5, 0.6) is 5.75 Å². The van der Waals surface area contributed by atoms with Gasteiger partial charge < -0.3 is 4.74 Å². The Morgan fingerprint density at radius 1 is 1.11 bits per heavy atom. The first-order valence-corrected chi connectivity index (χ1v) is 9.47. The predicted molar refractivity (Wildman–Crippen MR) is 111 cm³/mol. The molecule has 0 atom stereocenters. The Balaban J connectivity index is 1.81. The van der Waals surface area contributed by atoms with Gasteiger partial charge in [-0.05, 0) is 58.0 Å². The van der Waals surface area contributed by atoms with E-state index in [9.17, 15) is 14.0 Å². The van der Waals surface area contributed by atoms with Gasteiger partial charge in [0.25, 0.3) is 11.8 Å². The van der Waals surface area contributed by atoms with Gasteiger partial charge in [0.2, 0.25) is 0 Å². The number of ether oxygens (including phenoxy) is 1. The second-order valence-electron chi connectivity index (χ2n) is 6.14. The molecule has 0 aromatic heterocycles. The number of thiocarbonyl (C=S) groups is 1. The van der Waals surface area contributed by atoms with Crippen LogP contribution in [0.25, 0.3) is 6.08 Å². The molecule has 1 saturated heterocycles. The molecule has 0 aliphatic carbocycles. The molecule has 0 N–H and O–H groups in total. The number of likely N-dealkylation sites (N-methyl/N-ethyl adjacent to an activating group) is 2. The van der Waals surface area contributed by atoms with Gasteiger partial charge >= 0.3 is 0 Å². The van der Waals surface area contributed by atoms with E-state index >= 15 is 0 Å². The zero-order chi connectivity index (χ0) is 20.4. The van der Waals surface area contributed by atoms with Crippen LogP contribution >= 0.6 is 28.1 Å². The molecule has 8 heteroatoms. The highest BCUT2D eigenvalue weighted by atomic mass is 79.9. The lowest BCUT2D eigenvalue weighted by atomic mass is 10.1. The van der Waals surface area contributed by atoms with Crippen molar-refractivity contribution in [3.8, 4) is 5.75 Å². The third-order valence-electron chi connectivity index (χ3n) is 4.25. The monoisotopic (exact) mass is 462 g/mol. The molecule has 0 spiro atoms. The number of hydrogen-bond acceptors (Lipinski definition) is 4. The van der Waals surface area contributed by atoms with Crippen LogP contribution in [0, 0.1) is 5.82 Å². The van der Waals surface area contributed by atoms with Crippen LogP contribution in [-0.2, 0) is 16.2 Å². The summed E-state index contributed by atoms with van der Waals surface area (Å²) in [4.78, 5) is 27.3. The molecular weight excluding hydrogens is 447 g/mol. The van der Waals surface area contributed by atoms with Gasteiger partial charge in [-0.25, -0.2) is 4.39 Å². The minimum Gasteiger partial charge on any atom is -0.488 e. The molecule has 0 unspecified atom stereocenters. The molecule has 0 saturated carbocycles. The fourth-order valence-corrected chi connectivity index (χ4v) is 3.31. The van der Waals surface area contributed by atoms with Crippen LogP contribution in [0.3, 0.4) is 0 Å². The third kappa shape index (κ3) is 3.98. The van der Waals surface area contributed by atoms with Crippen LogP contribution in [0.15, 0.2) is 52.5 Å². The van der Waals surface area contributed by atoms with E-state index in [1.807, 2.05) is 0 Å². The molecule has 2 aromatic carbocycles. The van der Waals surface area contributed by atoms with Gasteiger partial charge in [0.15, 0.2) is 5.11 Å². The van der Waals surface area contributed by atoms with E-state index < -0.39 is 11.8 Å². The minimum atomic E-state index is -0.455. The molecule has 144 valence electrons. The molecule has 5 nitrogen and oxygen atoms in total. The Labute approximate surface area is 175 Å². The molecule has 0 radical (unpaired) electrons. The first-order valence-electron chi connectivity index (χ1n) is 8.27. The van der Waals surface area contributed by atoms with Gasteiger partial charge in [0.1, 0.15) is 23.7 Å². The molecule has 28 heavy (non-hydrogen) atoms. The van der Waals surface area contributed by atoms with Crippen molar-refractivity contribution in [2.24, 2.45) is 0 Å². The minimum absolute atomic E-state index is 0.0190. The van der Waals surface area contributed by atoms with Gasteiger partial charge in [-0.3, -0.25) is 19.4 Å². The van der Waals surface area contributed by atoms with Gasteiger partial charge in [-0.15, -0.1) is 0 Å². The van der Waals surface area contributed by atoms with Crippen LogP contribution in [0.1, 0.15) is 11.1 Å². The first kappa shape index (κ1) is 20.2. The summed E-state index contributed by atoms with van der Waals surface area (Å²) in [7, 11) is 3.05. The van der Waals surface area contributed by atoms with Crippen LogP contribution in [0.4, 0.5) is 4.39 Å². The molecular formula is C20H16BrFN2O3S. The first-order chi connectivity index (χ1) is 13.3. The lowest BCUT2D eigenvalue weighted by Crippen LogP contribution is -2.52. The molecule has 2 amide bonds. The van der Waals surface area contributed by atoms with Crippen LogP contribution in [0.2, 0.25) is 0 Å². The second kappa shape index (κ2) is 8.20. The number of carbonyl (C=O) groups is 2. The maximum absolute atomic E-state index is 13.7. The number of benzene rings is 2. The highest BCUT2D eigenvalue weighted by Gasteiger charge is 2.35. The molecule has 1 aliphatic rings. The smallest absolute Gasteiger partial charge is 0.265 e. The number of carbonyl (C=O) groups excluding carboxylic acids is 2. The van der Waals surface area contributed by atoms with Crippen molar-refractivity contribution in [3.63, 3.8) is 0 Å². The Bertz CT molecular complexity index is 983. The standard InChI is InChI=1S/C20H16BrFN2O3S/c1-23-18(25)14(19(26)24(2)20(23)28)9-12-7-8-17(15(21)10-12)27-11-13-5-3-4-6-16(13)22/h3-10H,11H2,1-2H3. The lowest BCUT2D eigenvalue weighted by molar-refractivity contribution is -0.132. The normalized spacial score (nSPS) is 14.6. The Hall–Kier alpha value is -2.58. The Kier molecular flexibility index (Phi) is 5.90. The topological polar surface area (TPSA) is 49.9 Å². The van der Waals surface area contributed by atoms with Gasteiger partial charge in [0, 0.05) is 19.7 Å². The molecule has 2 aromatic rings. The molecule has 0 bridgehead atoms. The van der Waals surface area contributed by atoms with E-state index in [-0.39, 0.29) is 23.1 Å². The summed E-state index contributed by atoms with van der Waals surface area (Å²) in [6.07, 6.45) is 1.50. The van der Waals surface area contributed by atoms with Gasteiger partial charge in [-0.2, -0.15) is 0 Å². The number of hydrogen-bond donors (Lipinski definition) is 0. The van der Waals surface area contributed by atoms with E-state index in [4.69, 9.17) is 17.0 Å². The quantitative estimate of drug-likeness (QED) is 0.394. The second-order valence-corrected chi connectivity index (χ2v) is 7.36. The third-order valence-corrected chi connectivity index (χ3v) is 5.42. The fraction of sp³-hybridized carbons (Fsp3) is 0.150. The summed E-state index contributed by atoms with van der Waals surface area (Å²) < 4.78 is 20.0. The SMILES string of the molecule is CN1C(=O)C(=Cc2ccc(OCc3ccccc3F)c(Br)c2)C(=O)N(C)C1=S. The van der Waals surface area contributed by atoms with Crippen molar-refractivity contribution in [2.75, 3.05) is 14.1 Å². The Morgan fingerprint density at radius 3 is 2.36 bits per heavy atom. The van der Waals surface area contributed by atoms with Crippen LogP contribution in [-0.4, -0.2) is 40.8 Å². The molecule has 1 heterocycles. The number of halogens is 2. The summed E-state index contributed by atoms with van der Waals surface area (Å²) in [6, 6.07) is 11.5. The lowest BCUT2D eigenvalue weighted by Gasteiger charge is -2.31. The Morgan fingerprint density at radius 2 is 1.75 bits per heavy atom. The maximum atomic E-state index is 13.7. The van der Waals surface area contributed by atoms with Crippen LogP contribution < -0.4 is 4.74 Å². The van der Waals surface area contributed by atoms with Crippen molar-refractivity contribution in [1.29, 1.82) is 0 Å². The average Bonchev–Trinajstić information content (AvgIpc) is 2.68. The summed E-state index contributed by atoms with van der Waals surface area (Å²) in [5.41, 5.74) is 1.10. The summed E-state index contributed by atoms with van der Waals surface area (Å²) >= 11 is 8.48. The van der Waals surface area contributed by atoms with Gasteiger partial charge in [-0.1, -0.05) is 24.3 Å². The zero-order valence-corrected chi connectivity index (χ0v) is 17.5. The molecule has 3 rings (SSSR count). The van der Waals surface area contributed by atoms with Crippen molar-refractivity contribution in [3.05, 3.63) is 69.5 Å².